The van der Waals surface area contributed by atoms with E-state index in [1.807, 2.05) is 48.5 Å². The highest BCUT2D eigenvalue weighted by molar-refractivity contribution is 5.88. The van der Waals surface area contributed by atoms with E-state index >= 15 is 0 Å². The molecule has 2 aromatic heterocycles. The highest BCUT2D eigenvalue weighted by Gasteiger charge is 2.24. The summed E-state index contributed by atoms with van der Waals surface area (Å²) in [5.74, 6) is 2.11. The van der Waals surface area contributed by atoms with E-state index in [1.54, 1.807) is 0 Å². The van der Waals surface area contributed by atoms with E-state index in [4.69, 9.17) is 15.6 Å². The second-order valence-corrected chi connectivity index (χ2v) is 7.49. The molecule has 0 spiro atoms. The first-order chi connectivity index (χ1) is 14.3. The van der Waals surface area contributed by atoms with E-state index in [0.717, 1.165) is 46.6 Å². The Bertz CT molecular complexity index is 1130. The summed E-state index contributed by atoms with van der Waals surface area (Å²) < 4.78 is 8.20. The Balaban J connectivity index is 1.54. The van der Waals surface area contributed by atoms with Crippen LogP contribution in [-0.4, -0.2) is 19.7 Å². The van der Waals surface area contributed by atoms with Gasteiger partial charge in [-0.1, -0.05) is 49.2 Å². The van der Waals surface area contributed by atoms with E-state index in [0.29, 0.717) is 18.3 Å². The van der Waals surface area contributed by atoms with Crippen LogP contribution in [0.15, 0.2) is 60.9 Å². The van der Waals surface area contributed by atoms with Crippen LogP contribution in [0.1, 0.15) is 43.0 Å². The summed E-state index contributed by atoms with van der Waals surface area (Å²) in [6, 6.07) is 18.2. The van der Waals surface area contributed by atoms with Crippen LogP contribution in [0.3, 0.4) is 0 Å². The molecule has 0 bridgehead atoms. The van der Waals surface area contributed by atoms with Crippen LogP contribution in [0.2, 0.25) is 0 Å². The molecule has 0 unspecified atom stereocenters. The maximum absolute atomic E-state index is 6.25. The number of fused-ring (bicyclic) bond motifs is 1. The molecule has 2 N–H and O–H groups in total. The monoisotopic (exact) mass is 385 g/mol. The Morgan fingerprint density at radius 1 is 0.966 bits per heavy atom. The van der Waals surface area contributed by atoms with Gasteiger partial charge in [-0.2, -0.15) is 5.10 Å². The summed E-state index contributed by atoms with van der Waals surface area (Å²) in [6.45, 7) is 0. The number of ether oxygens (including phenoxy) is 1. The molecule has 2 heterocycles. The Hall–Kier alpha value is -3.41. The summed E-state index contributed by atoms with van der Waals surface area (Å²) in [5, 5.41) is 5.81. The van der Waals surface area contributed by atoms with Crippen molar-refractivity contribution in [2.45, 2.75) is 38.1 Å². The van der Waals surface area contributed by atoms with Gasteiger partial charge in [0.2, 0.25) is 0 Å². The number of hydrogen-bond acceptors (Lipinski definition) is 5. The number of benzene rings is 2. The quantitative estimate of drug-likeness (QED) is 0.528. The largest absolute Gasteiger partial charge is 0.457 e. The number of nitrogen functional groups attached to an aromatic ring is 1. The van der Waals surface area contributed by atoms with Crippen LogP contribution in [0.5, 0.6) is 11.5 Å². The van der Waals surface area contributed by atoms with Crippen LogP contribution in [0.25, 0.3) is 11.0 Å². The molecule has 1 aliphatic carbocycles. The van der Waals surface area contributed by atoms with Crippen molar-refractivity contribution in [2.24, 2.45) is 0 Å². The van der Waals surface area contributed by atoms with Crippen LogP contribution in [0.4, 0.5) is 5.82 Å². The Labute approximate surface area is 169 Å². The van der Waals surface area contributed by atoms with Crippen molar-refractivity contribution < 1.29 is 4.74 Å². The fraction of sp³-hybridized carbons (Fsp3) is 0.261. The average molecular weight is 385 g/mol. The average Bonchev–Trinajstić information content (AvgIpc) is 3.39. The van der Waals surface area contributed by atoms with E-state index in [-0.39, 0.29) is 0 Å². The minimum atomic E-state index is 0.386. The van der Waals surface area contributed by atoms with E-state index in [2.05, 4.69) is 20.7 Å². The molecule has 6 nitrogen and oxygen atoms in total. The Kier molecular flexibility index (Phi) is 4.60. The molecule has 29 heavy (non-hydrogen) atoms. The molecule has 1 fully saturated rings. The lowest BCUT2D eigenvalue weighted by atomic mass is 10.1. The predicted molar refractivity (Wildman–Crippen MR) is 113 cm³/mol. The highest BCUT2D eigenvalue weighted by Crippen LogP contribution is 2.35. The second-order valence-electron chi connectivity index (χ2n) is 7.49. The van der Waals surface area contributed by atoms with Gasteiger partial charge in [-0.25, -0.2) is 14.6 Å². The third-order valence-electron chi connectivity index (χ3n) is 5.56. The fourth-order valence-corrected chi connectivity index (χ4v) is 4.14. The lowest BCUT2D eigenvalue weighted by molar-refractivity contribution is 0.470. The Morgan fingerprint density at radius 2 is 1.72 bits per heavy atom. The van der Waals surface area contributed by atoms with Crippen molar-refractivity contribution in [2.75, 3.05) is 5.73 Å². The summed E-state index contributed by atoms with van der Waals surface area (Å²) >= 11 is 0. The molecule has 5 rings (SSSR count). The molecule has 4 aromatic rings. The molecule has 146 valence electrons. The first-order valence-electron chi connectivity index (χ1n) is 10.1. The van der Waals surface area contributed by atoms with Gasteiger partial charge in [0.25, 0.3) is 0 Å². The van der Waals surface area contributed by atoms with Crippen molar-refractivity contribution in [3.63, 3.8) is 0 Å². The van der Waals surface area contributed by atoms with E-state index in [1.165, 1.54) is 19.2 Å². The van der Waals surface area contributed by atoms with Gasteiger partial charge < -0.3 is 10.5 Å². The minimum Gasteiger partial charge on any atom is -0.457 e. The first-order valence-corrected chi connectivity index (χ1v) is 10.1. The van der Waals surface area contributed by atoms with Crippen molar-refractivity contribution >= 4 is 16.9 Å². The molecule has 2 aromatic carbocycles. The zero-order valence-corrected chi connectivity index (χ0v) is 16.2. The molecular formula is C23H23N5O. The smallest absolute Gasteiger partial charge is 0.163 e. The van der Waals surface area contributed by atoms with E-state index in [9.17, 15) is 0 Å². The summed E-state index contributed by atoms with van der Waals surface area (Å²) in [4.78, 5) is 8.74. The van der Waals surface area contributed by atoms with Crippen LogP contribution in [0, 0.1) is 0 Å². The molecular weight excluding hydrogens is 362 g/mol. The number of hydrogen-bond donors (Lipinski definition) is 1. The maximum Gasteiger partial charge on any atom is 0.163 e. The summed E-state index contributed by atoms with van der Waals surface area (Å²) in [6.07, 6.45) is 6.87. The van der Waals surface area contributed by atoms with Crippen LogP contribution < -0.4 is 10.5 Å². The van der Waals surface area contributed by atoms with Crippen molar-refractivity contribution in [3.8, 4) is 11.5 Å². The van der Waals surface area contributed by atoms with Gasteiger partial charge in [0, 0.05) is 12.0 Å². The first kappa shape index (κ1) is 17.7. The number of para-hydroxylation sites is 2. The lowest BCUT2D eigenvalue weighted by Crippen LogP contribution is -2.08. The predicted octanol–water partition coefficient (Wildman–Crippen LogP) is 4.91. The molecule has 1 saturated carbocycles. The number of nitrogens with two attached hydrogens (primary N) is 1. The van der Waals surface area contributed by atoms with Crippen molar-refractivity contribution in [3.05, 3.63) is 72.2 Å². The third-order valence-corrected chi connectivity index (χ3v) is 5.56. The lowest BCUT2D eigenvalue weighted by Gasteiger charge is -2.11. The number of rotatable bonds is 5. The van der Waals surface area contributed by atoms with Crippen LogP contribution >= 0.6 is 0 Å². The van der Waals surface area contributed by atoms with Crippen LogP contribution in [-0.2, 0) is 6.42 Å². The normalized spacial score (nSPS) is 14.5. The van der Waals surface area contributed by atoms with Crippen molar-refractivity contribution in [1.82, 2.24) is 19.7 Å². The molecule has 0 saturated heterocycles. The molecule has 1 aliphatic rings. The van der Waals surface area contributed by atoms with Crippen molar-refractivity contribution in [1.29, 1.82) is 0 Å². The summed E-state index contributed by atoms with van der Waals surface area (Å²) in [7, 11) is 0. The zero-order valence-electron chi connectivity index (χ0n) is 16.2. The fourth-order valence-electron chi connectivity index (χ4n) is 4.14. The second kappa shape index (κ2) is 7.54. The van der Waals surface area contributed by atoms with Gasteiger partial charge in [-0.05, 0) is 31.0 Å². The highest BCUT2D eigenvalue weighted by atomic mass is 16.5. The minimum absolute atomic E-state index is 0.386. The molecule has 0 aliphatic heterocycles. The van der Waals surface area contributed by atoms with E-state index < -0.39 is 0 Å². The zero-order chi connectivity index (χ0) is 19.6. The third kappa shape index (κ3) is 3.42. The summed E-state index contributed by atoms with van der Waals surface area (Å²) in [5.41, 5.74) is 9.03. The van der Waals surface area contributed by atoms with Gasteiger partial charge in [0.05, 0.1) is 17.1 Å². The molecule has 0 atom stereocenters. The van der Waals surface area contributed by atoms with Gasteiger partial charge >= 0.3 is 0 Å². The molecule has 0 amide bonds. The number of anilines is 1. The number of nitrogens with zero attached hydrogens (tertiary/aromatic N) is 4. The Morgan fingerprint density at radius 3 is 2.55 bits per heavy atom. The maximum atomic E-state index is 6.25. The topological polar surface area (TPSA) is 78.8 Å². The van der Waals surface area contributed by atoms with Gasteiger partial charge in [0.15, 0.2) is 5.65 Å². The number of aromatic nitrogens is 4. The van der Waals surface area contributed by atoms with Gasteiger partial charge in [0.1, 0.15) is 23.6 Å². The van der Waals surface area contributed by atoms with Gasteiger partial charge in [-0.3, -0.25) is 0 Å². The van der Waals surface area contributed by atoms with Gasteiger partial charge in [-0.15, -0.1) is 0 Å². The standard InChI is InChI=1S/C23H23N5O/c24-22-21-19(27-28(17-9-5-6-10-17)23(21)26-15-25-22)14-16-8-4-7-13-20(16)29-18-11-2-1-3-12-18/h1-4,7-8,11-13,15,17H,5-6,9-10,14H2,(H2,24,25,26). The molecule has 0 radical (unpaired) electrons. The molecule has 6 heteroatoms. The SMILES string of the molecule is Nc1ncnc2c1c(Cc1ccccc1Oc1ccccc1)nn2C1CCCC1.